The average Bonchev–Trinajstić information content (AvgIpc) is 3.02. The number of imidazole rings is 1. The molecule has 0 aliphatic heterocycles. The molecule has 0 saturated carbocycles. The van der Waals surface area contributed by atoms with Crippen molar-refractivity contribution in [3.05, 3.63) is 94.8 Å². The number of nitrogens with one attached hydrogen (secondary N) is 1. The average molecular weight is 390 g/mol. The molecule has 0 spiro atoms. The number of carbonyl (C=O) groups excluding carboxylic acids is 1. The predicted molar refractivity (Wildman–Crippen MR) is 114 cm³/mol. The molecule has 5 heteroatoms. The SMILES string of the molecule is Cn1c(CCc2ccccc2)nc2cc(NC(=O)c3cccc(Cl)c3)ccc21. The van der Waals surface area contributed by atoms with Crippen LogP contribution in [0, 0.1) is 0 Å². The standard InChI is InChI=1S/C23H20ClN3O/c1-27-21-12-11-19(25-23(28)17-8-5-9-18(24)14-17)15-20(21)26-22(27)13-10-16-6-3-2-4-7-16/h2-9,11-12,14-15H,10,13H2,1H3,(H,25,28). The molecule has 0 bridgehead atoms. The minimum Gasteiger partial charge on any atom is -0.331 e. The van der Waals surface area contributed by atoms with E-state index in [0.29, 0.717) is 16.3 Å². The van der Waals surface area contributed by atoms with Gasteiger partial charge in [0.2, 0.25) is 0 Å². The maximum absolute atomic E-state index is 12.4. The van der Waals surface area contributed by atoms with Crippen molar-refractivity contribution in [2.24, 2.45) is 7.05 Å². The van der Waals surface area contributed by atoms with Crippen molar-refractivity contribution in [1.29, 1.82) is 0 Å². The molecule has 0 unspecified atom stereocenters. The summed E-state index contributed by atoms with van der Waals surface area (Å²) in [6, 6.07) is 23.1. The quantitative estimate of drug-likeness (QED) is 0.505. The number of nitrogens with zero attached hydrogens (tertiary/aromatic N) is 2. The van der Waals surface area contributed by atoms with E-state index in [1.54, 1.807) is 24.3 Å². The van der Waals surface area contributed by atoms with Crippen LogP contribution < -0.4 is 5.32 Å². The molecule has 0 aliphatic rings. The summed E-state index contributed by atoms with van der Waals surface area (Å²) < 4.78 is 2.11. The number of carbonyl (C=O) groups is 1. The molecule has 4 aromatic rings. The van der Waals surface area contributed by atoms with Crippen molar-refractivity contribution in [3.63, 3.8) is 0 Å². The number of halogens is 1. The second-order valence-electron chi connectivity index (χ2n) is 6.74. The van der Waals surface area contributed by atoms with Gasteiger partial charge in [0.05, 0.1) is 11.0 Å². The highest BCUT2D eigenvalue weighted by molar-refractivity contribution is 6.31. The van der Waals surface area contributed by atoms with Crippen molar-refractivity contribution in [3.8, 4) is 0 Å². The Labute approximate surface area is 168 Å². The van der Waals surface area contributed by atoms with Crippen LogP contribution >= 0.6 is 11.6 Å². The zero-order valence-electron chi connectivity index (χ0n) is 15.5. The Morgan fingerprint density at radius 1 is 1.00 bits per heavy atom. The molecule has 140 valence electrons. The fourth-order valence-corrected chi connectivity index (χ4v) is 3.48. The van der Waals surface area contributed by atoms with Gasteiger partial charge in [0.15, 0.2) is 0 Å². The summed E-state index contributed by atoms with van der Waals surface area (Å²) in [7, 11) is 2.03. The number of amides is 1. The lowest BCUT2D eigenvalue weighted by Crippen LogP contribution is -2.11. The molecule has 1 amide bonds. The van der Waals surface area contributed by atoms with Crippen LogP contribution in [-0.2, 0) is 19.9 Å². The molecule has 0 saturated heterocycles. The summed E-state index contributed by atoms with van der Waals surface area (Å²) in [5, 5.41) is 3.46. The molecular weight excluding hydrogens is 370 g/mol. The van der Waals surface area contributed by atoms with Gasteiger partial charge in [0.1, 0.15) is 5.82 Å². The second kappa shape index (κ2) is 7.87. The number of benzene rings is 3. The predicted octanol–water partition coefficient (Wildman–Crippen LogP) is 5.26. The first-order valence-electron chi connectivity index (χ1n) is 9.16. The van der Waals surface area contributed by atoms with Gasteiger partial charge in [0.25, 0.3) is 5.91 Å². The van der Waals surface area contributed by atoms with Gasteiger partial charge in [-0.15, -0.1) is 0 Å². The minimum absolute atomic E-state index is 0.193. The Morgan fingerprint density at radius 2 is 1.82 bits per heavy atom. The molecule has 3 aromatic carbocycles. The molecular formula is C23H20ClN3O. The molecule has 28 heavy (non-hydrogen) atoms. The highest BCUT2D eigenvalue weighted by atomic mass is 35.5. The fraction of sp³-hybridized carbons (Fsp3) is 0.130. The molecule has 0 fully saturated rings. The van der Waals surface area contributed by atoms with Gasteiger partial charge in [-0.2, -0.15) is 0 Å². The lowest BCUT2D eigenvalue weighted by molar-refractivity contribution is 0.102. The van der Waals surface area contributed by atoms with Gasteiger partial charge in [-0.25, -0.2) is 4.98 Å². The Balaban J connectivity index is 1.53. The van der Waals surface area contributed by atoms with Crippen LogP contribution in [0.2, 0.25) is 5.02 Å². The summed E-state index contributed by atoms with van der Waals surface area (Å²) in [6.45, 7) is 0. The highest BCUT2D eigenvalue weighted by Gasteiger charge is 2.11. The number of hydrogen-bond acceptors (Lipinski definition) is 2. The lowest BCUT2D eigenvalue weighted by Gasteiger charge is -2.06. The first kappa shape index (κ1) is 18.3. The third kappa shape index (κ3) is 3.92. The van der Waals surface area contributed by atoms with E-state index < -0.39 is 0 Å². The van der Waals surface area contributed by atoms with Crippen LogP contribution in [0.5, 0.6) is 0 Å². The smallest absolute Gasteiger partial charge is 0.255 e. The lowest BCUT2D eigenvalue weighted by atomic mass is 10.1. The molecule has 0 atom stereocenters. The number of anilines is 1. The normalized spacial score (nSPS) is 10.9. The highest BCUT2D eigenvalue weighted by Crippen LogP contribution is 2.21. The van der Waals surface area contributed by atoms with Crippen molar-refractivity contribution in [2.45, 2.75) is 12.8 Å². The molecule has 0 aliphatic carbocycles. The van der Waals surface area contributed by atoms with Gasteiger partial charge in [0, 0.05) is 29.7 Å². The third-order valence-corrected chi connectivity index (χ3v) is 5.03. The zero-order valence-corrected chi connectivity index (χ0v) is 16.3. The third-order valence-electron chi connectivity index (χ3n) is 4.80. The van der Waals surface area contributed by atoms with Gasteiger partial charge in [-0.3, -0.25) is 4.79 Å². The number of hydrogen-bond donors (Lipinski definition) is 1. The zero-order chi connectivity index (χ0) is 19.5. The van der Waals surface area contributed by atoms with Crippen molar-refractivity contribution in [1.82, 2.24) is 9.55 Å². The van der Waals surface area contributed by atoms with E-state index in [1.807, 2.05) is 31.3 Å². The van der Waals surface area contributed by atoms with E-state index in [0.717, 1.165) is 29.7 Å². The molecule has 1 aromatic heterocycles. The van der Waals surface area contributed by atoms with Gasteiger partial charge >= 0.3 is 0 Å². The molecule has 4 rings (SSSR count). The summed E-state index contributed by atoms with van der Waals surface area (Å²) in [4.78, 5) is 17.2. The minimum atomic E-state index is -0.193. The topological polar surface area (TPSA) is 46.9 Å². The van der Waals surface area contributed by atoms with Crippen molar-refractivity contribution >= 4 is 34.2 Å². The first-order valence-corrected chi connectivity index (χ1v) is 9.54. The maximum Gasteiger partial charge on any atom is 0.255 e. The molecule has 4 nitrogen and oxygen atoms in total. The van der Waals surface area contributed by atoms with Crippen LogP contribution in [0.15, 0.2) is 72.8 Å². The van der Waals surface area contributed by atoms with E-state index in [9.17, 15) is 4.79 Å². The van der Waals surface area contributed by atoms with E-state index >= 15 is 0 Å². The Hall–Kier alpha value is -3.11. The second-order valence-corrected chi connectivity index (χ2v) is 7.18. The Morgan fingerprint density at radius 3 is 2.61 bits per heavy atom. The van der Waals surface area contributed by atoms with E-state index in [4.69, 9.17) is 16.6 Å². The number of aromatic nitrogens is 2. The van der Waals surface area contributed by atoms with E-state index in [-0.39, 0.29) is 5.91 Å². The van der Waals surface area contributed by atoms with Crippen LogP contribution in [0.1, 0.15) is 21.7 Å². The van der Waals surface area contributed by atoms with Crippen LogP contribution in [0.25, 0.3) is 11.0 Å². The molecule has 1 N–H and O–H groups in total. The first-order chi connectivity index (χ1) is 13.6. The van der Waals surface area contributed by atoms with Crippen molar-refractivity contribution in [2.75, 3.05) is 5.32 Å². The largest absolute Gasteiger partial charge is 0.331 e. The van der Waals surface area contributed by atoms with E-state index in [1.165, 1.54) is 5.56 Å². The van der Waals surface area contributed by atoms with Gasteiger partial charge in [-0.05, 0) is 48.4 Å². The van der Waals surface area contributed by atoms with E-state index in [2.05, 4.69) is 34.1 Å². The Bertz CT molecular complexity index is 1140. The molecule has 0 radical (unpaired) electrons. The van der Waals surface area contributed by atoms with Crippen LogP contribution in [0.4, 0.5) is 5.69 Å². The van der Waals surface area contributed by atoms with Crippen molar-refractivity contribution < 1.29 is 4.79 Å². The number of aryl methyl sites for hydroxylation is 3. The van der Waals surface area contributed by atoms with Crippen LogP contribution in [0.3, 0.4) is 0 Å². The fourth-order valence-electron chi connectivity index (χ4n) is 3.28. The van der Waals surface area contributed by atoms with Gasteiger partial charge < -0.3 is 9.88 Å². The molecule has 1 heterocycles. The summed E-state index contributed by atoms with van der Waals surface area (Å²) in [5.41, 5.74) is 4.45. The number of rotatable bonds is 5. The van der Waals surface area contributed by atoms with Crippen LogP contribution in [-0.4, -0.2) is 15.5 Å². The summed E-state index contributed by atoms with van der Waals surface area (Å²) >= 11 is 5.97. The summed E-state index contributed by atoms with van der Waals surface area (Å²) in [5.74, 6) is 0.833. The monoisotopic (exact) mass is 389 g/mol. The Kier molecular flexibility index (Phi) is 5.13. The van der Waals surface area contributed by atoms with Gasteiger partial charge in [-0.1, -0.05) is 48.0 Å². The number of fused-ring (bicyclic) bond motifs is 1. The summed E-state index contributed by atoms with van der Waals surface area (Å²) in [6.07, 6.45) is 1.80. The maximum atomic E-state index is 12.4.